The van der Waals surface area contributed by atoms with Gasteiger partial charge in [-0.05, 0) is 31.9 Å². The second-order valence-electron chi connectivity index (χ2n) is 4.44. The molecule has 2 atom stereocenters. The topological polar surface area (TPSA) is 64.2 Å². The fraction of sp³-hybridized carbons (Fsp3) is 0.636. The Labute approximate surface area is 120 Å². The van der Waals surface area contributed by atoms with E-state index >= 15 is 0 Å². The maximum absolute atomic E-state index is 12.0. The molecule has 1 saturated heterocycles. The van der Waals surface area contributed by atoms with Crippen LogP contribution in [0.1, 0.15) is 13.3 Å². The number of halogens is 2. The Hall–Kier alpha value is -0.780. The van der Waals surface area contributed by atoms with Crippen LogP contribution in [0, 0.1) is 5.92 Å². The number of carbonyl (C=O) groups excluding carboxylic acids is 1. The lowest BCUT2D eigenvalue weighted by Crippen LogP contribution is -2.36. The Balaban J connectivity index is 0.00000144. The second-order valence-corrected chi connectivity index (χ2v) is 4.44. The van der Waals surface area contributed by atoms with Gasteiger partial charge in [-0.15, -0.1) is 24.8 Å². The molecule has 5 nitrogen and oxygen atoms in total. The predicted octanol–water partition coefficient (Wildman–Crippen LogP) is 0.922. The van der Waals surface area contributed by atoms with Gasteiger partial charge in [0.1, 0.15) is 6.54 Å². The second kappa shape index (κ2) is 7.61. The smallest absolute Gasteiger partial charge is 0.244 e. The van der Waals surface area contributed by atoms with E-state index in [9.17, 15) is 4.79 Å². The molecule has 0 saturated carbocycles. The minimum atomic E-state index is 0. The fourth-order valence-electron chi connectivity index (χ4n) is 2.28. The summed E-state index contributed by atoms with van der Waals surface area (Å²) in [5, 5.41) is 4.04. The third-order valence-electron chi connectivity index (χ3n) is 3.17. The van der Waals surface area contributed by atoms with E-state index in [4.69, 9.17) is 5.73 Å². The van der Waals surface area contributed by atoms with Crippen molar-refractivity contribution in [2.75, 3.05) is 13.1 Å². The Morgan fingerprint density at radius 3 is 2.72 bits per heavy atom. The maximum Gasteiger partial charge on any atom is 0.244 e. The summed E-state index contributed by atoms with van der Waals surface area (Å²) in [6, 6.07) is 2.13. The van der Waals surface area contributed by atoms with Crippen molar-refractivity contribution in [3.8, 4) is 0 Å². The van der Waals surface area contributed by atoms with Gasteiger partial charge in [-0.3, -0.25) is 9.48 Å². The monoisotopic (exact) mass is 294 g/mol. The highest BCUT2D eigenvalue weighted by Crippen LogP contribution is 2.22. The third-order valence-corrected chi connectivity index (χ3v) is 3.17. The van der Waals surface area contributed by atoms with Crippen LogP contribution in [-0.2, 0) is 11.3 Å². The van der Waals surface area contributed by atoms with E-state index in [1.165, 1.54) is 0 Å². The van der Waals surface area contributed by atoms with Crippen LogP contribution in [0.25, 0.3) is 0 Å². The van der Waals surface area contributed by atoms with Gasteiger partial charge in [0.05, 0.1) is 0 Å². The standard InChI is InChI=1S/C11H18N4O.2ClH/c1-9-5-10(6-12)7-15(9)11(16)8-14-4-2-3-13-14;;/h2-4,9-10H,5-8,12H2,1H3;2*1H. The molecule has 0 radical (unpaired) electrons. The predicted molar refractivity (Wildman–Crippen MR) is 75.1 cm³/mol. The molecule has 18 heavy (non-hydrogen) atoms. The molecule has 1 aliphatic rings. The summed E-state index contributed by atoms with van der Waals surface area (Å²) in [5.41, 5.74) is 5.64. The highest BCUT2D eigenvalue weighted by atomic mass is 35.5. The van der Waals surface area contributed by atoms with Gasteiger partial charge in [-0.25, -0.2) is 0 Å². The van der Waals surface area contributed by atoms with Crippen LogP contribution in [0.5, 0.6) is 0 Å². The number of amides is 1. The van der Waals surface area contributed by atoms with Crippen LogP contribution in [-0.4, -0.2) is 39.7 Å². The summed E-state index contributed by atoms with van der Waals surface area (Å²) in [6.45, 7) is 3.86. The highest BCUT2D eigenvalue weighted by molar-refractivity contribution is 5.85. The average molecular weight is 295 g/mol. The Morgan fingerprint density at radius 1 is 1.50 bits per heavy atom. The van der Waals surface area contributed by atoms with Crippen LogP contribution in [0.4, 0.5) is 0 Å². The van der Waals surface area contributed by atoms with E-state index in [0.29, 0.717) is 25.0 Å². The first-order chi connectivity index (χ1) is 7.70. The minimum absolute atomic E-state index is 0. The largest absolute Gasteiger partial charge is 0.338 e. The van der Waals surface area contributed by atoms with E-state index in [-0.39, 0.29) is 30.7 Å². The number of carbonyl (C=O) groups is 1. The van der Waals surface area contributed by atoms with Gasteiger partial charge in [-0.1, -0.05) is 0 Å². The first kappa shape index (κ1) is 17.2. The molecule has 0 spiro atoms. The van der Waals surface area contributed by atoms with Gasteiger partial charge in [0, 0.05) is 25.0 Å². The van der Waals surface area contributed by atoms with Gasteiger partial charge < -0.3 is 10.6 Å². The van der Waals surface area contributed by atoms with Crippen molar-refractivity contribution in [1.29, 1.82) is 0 Å². The fourth-order valence-corrected chi connectivity index (χ4v) is 2.28. The molecule has 1 aromatic rings. The Morgan fingerprint density at radius 2 is 2.22 bits per heavy atom. The number of hydrogen-bond donors (Lipinski definition) is 1. The van der Waals surface area contributed by atoms with Crippen molar-refractivity contribution >= 4 is 30.7 Å². The first-order valence-corrected chi connectivity index (χ1v) is 5.67. The van der Waals surface area contributed by atoms with E-state index in [0.717, 1.165) is 13.0 Å². The normalized spacial score (nSPS) is 22.2. The van der Waals surface area contributed by atoms with Crippen molar-refractivity contribution in [3.05, 3.63) is 18.5 Å². The number of nitrogens with two attached hydrogens (primary N) is 1. The van der Waals surface area contributed by atoms with Gasteiger partial charge in [-0.2, -0.15) is 5.10 Å². The molecule has 2 N–H and O–H groups in total. The van der Waals surface area contributed by atoms with Crippen molar-refractivity contribution in [2.24, 2.45) is 11.7 Å². The Kier molecular flexibility index (Phi) is 7.28. The lowest BCUT2D eigenvalue weighted by molar-refractivity contribution is -0.132. The highest BCUT2D eigenvalue weighted by Gasteiger charge is 2.31. The quantitative estimate of drug-likeness (QED) is 0.902. The summed E-state index contributed by atoms with van der Waals surface area (Å²) in [7, 11) is 0. The van der Waals surface area contributed by atoms with Crippen molar-refractivity contribution in [1.82, 2.24) is 14.7 Å². The van der Waals surface area contributed by atoms with Crippen LogP contribution < -0.4 is 5.73 Å². The summed E-state index contributed by atoms with van der Waals surface area (Å²) in [5.74, 6) is 0.587. The molecule has 1 fully saturated rings. The Bertz CT molecular complexity index is 358. The average Bonchev–Trinajstić information content (AvgIpc) is 2.87. The summed E-state index contributed by atoms with van der Waals surface area (Å²) in [6.07, 6.45) is 4.50. The summed E-state index contributed by atoms with van der Waals surface area (Å²) < 4.78 is 1.66. The molecule has 2 rings (SSSR count). The van der Waals surface area contributed by atoms with Crippen LogP contribution >= 0.6 is 24.8 Å². The zero-order valence-electron chi connectivity index (χ0n) is 10.4. The molecule has 1 amide bonds. The molecule has 1 aliphatic heterocycles. The minimum Gasteiger partial charge on any atom is -0.338 e. The number of hydrogen-bond acceptors (Lipinski definition) is 3. The van der Waals surface area contributed by atoms with Gasteiger partial charge in [0.2, 0.25) is 5.91 Å². The number of rotatable bonds is 3. The molecule has 2 heterocycles. The zero-order valence-corrected chi connectivity index (χ0v) is 12.0. The number of aromatic nitrogens is 2. The molecule has 2 unspecified atom stereocenters. The van der Waals surface area contributed by atoms with E-state index in [1.54, 1.807) is 17.1 Å². The summed E-state index contributed by atoms with van der Waals surface area (Å²) >= 11 is 0. The molecule has 0 bridgehead atoms. The number of likely N-dealkylation sites (tertiary alicyclic amines) is 1. The summed E-state index contributed by atoms with van der Waals surface area (Å²) in [4.78, 5) is 13.9. The van der Waals surface area contributed by atoms with Gasteiger partial charge >= 0.3 is 0 Å². The lowest BCUT2D eigenvalue weighted by Gasteiger charge is -2.21. The van der Waals surface area contributed by atoms with Gasteiger partial charge in [0.25, 0.3) is 0 Å². The van der Waals surface area contributed by atoms with Crippen molar-refractivity contribution < 1.29 is 4.79 Å². The molecule has 1 aromatic heterocycles. The van der Waals surface area contributed by atoms with E-state index in [1.807, 2.05) is 11.0 Å². The van der Waals surface area contributed by atoms with Crippen LogP contribution in [0.3, 0.4) is 0 Å². The molecule has 104 valence electrons. The first-order valence-electron chi connectivity index (χ1n) is 5.67. The molecular formula is C11H20Cl2N4O. The van der Waals surface area contributed by atoms with Crippen molar-refractivity contribution in [3.63, 3.8) is 0 Å². The lowest BCUT2D eigenvalue weighted by atomic mass is 10.1. The zero-order chi connectivity index (χ0) is 11.5. The van der Waals surface area contributed by atoms with Crippen LogP contribution in [0.15, 0.2) is 18.5 Å². The van der Waals surface area contributed by atoms with Crippen LogP contribution in [0.2, 0.25) is 0 Å². The van der Waals surface area contributed by atoms with Crippen molar-refractivity contribution in [2.45, 2.75) is 25.9 Å². The molecule has 0 aliphatic carbocycles. The number of nitrogens with zero attached hydrogens (tertiary/aromatic N) is 3. The maximum atomic E-state index is 12.0. The van der Waals surface area contributed by atoms with E-state index < -0.39 is 0 Å². The SMILES string of the molecule is CC1CC(CN)CN1C(=O)Cn1cccn1.Cl.Cl. The molecular weight excluding hydrogens is 275 g/mol. The molecule has 0 aromatic carbocycles. The molecule has 7 heteroatoms. The van der Waals surface area contributed by atoms with Gasteiger partial charge in [0.15, 0.2) is 0 Å². The third kappa shape index (κ3) is 3.86. The van der Waals surface area contributed by atoms with E-state index in [2.05, 4.69) is 12.0 Å².